The highest BCUT2D eigenvalue weighted by molar-refractivity contribution is 6.30. The molecule has 15 heavy (non-hydrogen) atoms. The van der Waals surface area contributed by atoms with Crippen LogP contribution in [-0.4, -0.2) is 16.4 Å². The molecule has 4 nitrogen and oxygen atoms in total. The van der Waals surface area contributed by atoms with Gasteiger partial charge >= 0.3 is 0 Å². The van der Waals surface area contributed by atoms with Gasteiger partial charge in [-0.15, -0.1) is 0 Å². The second kappa shape index (κ2) is 4.28. The topological polar surface area (TPSA) is 65.8 Å². The molecule has 0 aliphatic carbocycles. The Balaban J connectivity index is 2.79. The van der Waals surface area contributed by atoms with E-state index in [0.29, 0.717) is 5.02 Å². The Morgan fingerprint density at radius 3 is 2.73 bits per heavy atom. The van der Waals surface area contributed by atoms with Crippen molar-refractivity contribution in [1.29, 1.82) is 5.26 Å². The van der Waals surface area contributed by atoms with Crippen molar-refractivity contribution in [3.05, 3.63) is 29.0 Å². The molecule has 0 aliphatic heterocycles. The minimum atomic E-state index is -0.904. The number of carbonyl (C=O) groups is 1. The number of nitriles is 1. The molecule has 0 saturated heterocycles. The van der Waals surface area contributed by atoms with E-state index in [1.165, 1.54) is 12.3 Å². The Bertz CT molecular complexity index is 406. The quantitative estimate of drug-likeness (QED) is 0.831. The van der Waals surface area contributed by atoms with Gasteiger partial charge in [0.2, 0.25) is 0 Å². The maximum atomic E-state index is 11.6. The standard InChI is InChI=1S/C10H10ClN3O/c1-10(2,6-12)14-9(15)8-4-3-7(11)5-13-8/h3-5H,1-2H3,(H,14,15). The van der Waals surface area contributed by atoms with Crippen molar-refractivity contribution in [3.8, 4) is 6.07 Å². The first kappa shape index (κ1) is 11.5. The average Bonchev–Trinajstić information content (AvgIpc) is 2.18. The first-order valence-corrected chi connectivity index (χ1v) is 4.68. The number of nitrogens with zero attached hydrogens (tertiary/aromatic N) is 2. The number of nitrogens with one attached hydrogen (secondary N) is 1. The first-order chi connectivity index (χ1) is 6.94. The van der Waals surface area contributed by atoms with Crippen LogP contribution in [0.4, 0.5) is 0 Å². The van der Waals surface area contributed by atoms with E-state index in [9.17, 15) is 4.79 Å². The van der Waals surface area contributed by atoms with E-state index in [1.54, 1.807) is 19.9 Å². The first-order valence-electron chi connectivity index (χ1n) is 4.30. The van der Waals surface area contributed by atoms with Gasteiger partial charge in [-0.2, -0.15) is 5.26 Å². The Labute approximate surface area is 92.9 Å². The van der Waals surface area contributed by atoms with Gasteiger partial charge in [0.1, 0.15) is 11.2 Å². The Morgan fingerprint density at radius 2 is 2.27 bits per heavy atom. The van der Waals surface area contributed by atoms with Crippen molar-refractivity contribution in [2.45, 2.75) is 19.4 Å². The molecule has 1 aromatic heterocycles. The van der Waals surface area contributed by atoms with Crippen LogP contribution in [0.1, 0.15) is 24.3 Å². The average molecular weight is 224 g/mol. The molecule has 0 atom stereocenters. The lowest BCUT2D eigenvalue weighted by Crippen LogP contribution is -2.42. The molecule has 0 bridgehead atoms. The summed E-state index contributed by atoms with van der Waals surface area (Å²) in [4.78, 5) is 15.4. The van der Waals surface area contributed by atoms with Crippen molar-refractivity contribution >= 4 is 17.5 Å². The van der Waals surface area contributed by atoms with Gasteiger partial charge in [-0.1, -0.05) is 11.6 Å². The minimum absolute atomic E-state index is 0.239. The largest absolute Gasteiger partial charge is 0.333 e. The highest BCUT2D eigenvalue weighted by Crippen LogP contribution is 2.07. The third-order valence-corrected chi connectivity index (χ3v) is 1.89. The number of amides is 1. The smallest absolute Gasteiger partial charge is 0.271 e. The Morgan fingerprint density at radius 1 is 1.60 bits per heavy atom. The number of rotatable bonds is 2. The van der Waals surface area contributed by atoms with Crippen LogP contribution < -0.4 is 5.32 Å². The van der Waals surface area contributed by atoms with E-state index in [-0.39, 0.29) is 5.69 Å². The van der Waals surface area contributed by atoms with Crippen LogP contribution in [0.2, 0.25) is 5.02 Å². The summed E-state index contributed by atoms with van der Waals surface area (Å²) in [5.41, 5.74) is -0.666. The summed E-state index contributed by atoms with van der Waals surface area (Å²) in [6.07, 6.45) is 1.38. The minimum Gasteiger partial charge on any atom is -0.333 e. The van der Waals surface area contributed by atoms with Crippen molar-refractivity contribution < 1.29 is 4.79 Å². The summed E-state index contributed by atoms with van der Waals surface area (Å²) in [5, 5.41) is 11.7. The van der Waals surface area contributed by atoms with Gasteiger partial charge in [0.25, 0.3) is 5.91 Å². The second-order valence-corrected chi connectivity index (χ2v) is 3.99. The van der Waals surface area contributed by atoms with Gasteiger partial charge in [-0.05, 0) is 26.0 Å². The van der Waals surface area contributed by atoms with Crippen LogP contribution in [-0.2, 0) is 0 Å². The summed E-state index contributed by atoms with van der Waals surface area (Å²) < 4.78 is 0. The lowest BCUT2D eigenvalue weighted by molar-refractivity contribution is 0.0924. The molecule has 78 valence electrons. The van der Waals surface area contributed by atoms with Crippen LogP contribution >= 0.6 is 11.6 Å². The molecule has 0 radical (unpaired) electrons. The highest BCUT2D eigenvalue weighted by atomic mass is 35.5. The van der Waals surface area contributed by atoms with E-state index < -0.39 is 11.4 Å². The van der Waals surface area contributed by atoms with E-state index in [1.807, 2.05) is 6.07 Å². The molecule has 0 aromatic carbocycles. The summed E-state index contributed by atoms with van der Waals surface area (Å²) in [6.45, 7) is 3.22. The van der Waals surface area contributed by atoms with Crippen molar-refractivity contribution in [3.63, 3.8) is 0 Å². The fourth-order valence-corrected chi connectivity index (χ4v) is 0.998. The molecule has 0 spiro atoms. The van der Waals surface area contributed by atoms with Crippen LogP contribution in [0.15, 0.2) is 18.3 Å². The zero-order valence-corrected chi connectivity index (χ0v) is 9.17. The molecule has 1 amide bonds. The molecule has 1 heterocycles. The lowest BCUT2D eigenvalue weighted by Gasteiger charge is -2.16. The second-order valence-electron chi connectivity index (χ2n) is 3.55. The SMILES string of the molecule is CC(C)(C#N)NC(=O)c1ccc(Cl)cn1. The van der Waals surface area contributed by atoms with E-state index in [2.05, 4.69) is 10.3 Å². The number of hydrogen-bond donors (Lipinski definition) is 1. The Kier molecular flexibility index (Phi) is 3.28. The van der Waals surface area contributed by atoms with Crippen molar-refractivity contribution in [1.82, 2.24) is 10.3 Å². The number of carbonyl (C=O) groups excluding carboxylic acids is 1. The lowest BCUT2D eigenvalue weighted by atomic mass is 10.1. The predicted octanol–water partition coefficient (Wildman–Crippen LogP) is 1.77. The molecule has 0 fully saturated rings. The summed E-state index contributed by atoms with van der Waals surface area (Å²) in [5.74, 6) is -0.391. The maximum absolute atomic E-state index is 11.6. The van der Waals surface area contributed by atoms with E-state index in [4.69, 9.17) is 16.9 Å². The van der Waals surface area contributed by atoms with Gasteiger partial charge in [0.15, 0.2) is 0 Å². The molecular weight excluding hydrogens is 214 g/mol. The maximum Gasteiger partial charge on any atom is 0.271 e. The van der Waals surface area contributed by atoms with Gasteiger partial charge in [0, 0.05) is 6.20 Å². The van der Waals surface area contributed by atoms with Crippen LogP contribution in [0.5, 0.6) is 0 Å². The molecule has 0 unspecified atom stereocenters. The number of hydrogen-bond acceptors (Lipinski definition) is 3. The Hall–Kier alpha value is -1.60. The summed E-state index contributed by atoms with van der Waals surface area (Å²) >= 11 is 5.63. The van der Waals surface area contributed by atoms with Crippen molar-refractivity contribution in [2.24, 2.45) is 0 Å². The summed E-state index contributed by atoms with van der Waals surface area (Å²) in [6, 6.07) is 5.04. The highest BCUT2D eigenvalue weighted by Gasteiger charge is 2.20. The monoisotopic (exact) mass is 223 g/mol. The fourth-order valence-electron chi connectivity index (χ4n) is 0.886. The number of halogens is 1. The third kappa shape index (κ3) is 3.22. The molecule has 0 saturated carbocycles. The number of pyridine rings is 1. The van der Waals surface area contributed by atoms with E-state index >= 15 is 0 Å². The fraction of sp³-hybridized carbons (Fsp3) is 0.300. The number of aromatic nitrogens is 1. The molecule has 5 heteroatoms. The molecular formula is C10H10ClN3O. The molecule has 1 aromatic rings. The van der Waals surface area contributed by atoms with Gasteiger partial charge in [0.05, 0.1) is 11.1 Å². The van der Waals surface area contributed by atoms with E-state index in [0.717, 1.165) is 0 Å². The molecule has 0 aliphatic rings. The molecule has 1 rings (SSSR count). The zero-order valence-electron chi connectivity index (χ0n) is 8.41. The normalized spacial score (nSPS) is 10.5. The van der Waals surface area contributed by atoms with Crippen LogP contribution in [0.3, 0.4) is 0 Å². The van der Waals surface area contributed by atoms with Crippen LogP contribution in [0, 0.1) is 11.3 Å². The van der Waals surface area contributed by atoms with Gasteiger partial charge < -0.3 is 5.32 Å². The predicted molar refractivity (Wildman–Crippen MR) is 56.4 cm³/mol. The van der Waals surface area contributed by atoms with Crippen molar-refractivity contribution in [2.75, 3.05) is 0 Å². The van der Waals surface area contributed by atoms with Crippen LogP contribution in [0.25, 0.3) is 0 Å². The molecule has 1 N–H and O–H groups in total. The van der Waals surface area contributed by atoms with Gasteiger partial charge in [-0.25, -0.2) is 4.98 Å². The van der Waals surface area contributed by atoms with Gasteiger partial charge in [-0.3, -0.25) is 4.79 Å². The zero-order chi connectivity index (χ0) is 11.5. The summed E-state index contributed by atoms with van der Waals surface area (Å²) in [7, 11) is 0. The third-order valence-electron chi connectivity index (χ3n) is 1.67.